The molecule has 2 aromatic carbocycles. The second kappa shape index (κ2) is 8.38. The fraction of sp³-hybridized carbons (Fsp3) is 0.0952. The summed E-state index contributed by atoms with van der Waals surface area (Å²) >= 11 is 5.97. The maximum absolute atomic E-state index is 14.2. The van der Waals surface area contributed by atoms with Crippen molar-refractivity contribution in [2.75, 3.05) is 28.7 Å². The number of anilines is 5. The number of nitrogens with one attached hydrogen (secondary N) is 2. The summed E-state index contributed by atoms with van der Waals surface area (Å²) in [6, 6.07) is 12.1. The Bertz CT molecular complexity index is 1120. The van der Waals surface area contributed by atoms with Gasteiger partial charge >= 0.3 is 0 Å². The van der Waals surface area contributed by atoms with Crippen molar-refractivity contribution >= 4 is 46.3 Å². The third-order valence-corrected chi connectivity index (χ3v) is 4.59. The molecule has 9 heteroatoms. The van der Waals surface area contributed by atoms with Crippen molar-refractivity contribution in [3.63, 3.8) is 0 Å². The number of carbonyl (C=O) groups excluding carboxylic acids is 1. The van der Waals surface area contributed by atoms with Gasteiger partial charge in [0.05, 0.1) is 18.4 Å². The summed E-state index contributed by atoms with van der Waals surface area (Å²) in [5.74, 6) is -0.0612. The van der Waals surface area contributed by atoms with E-state index in [0.29, 0.717) is 41.0 Å². The van der Waals surface area contributed by atoms with Crippen molar-refractivity contribution in [1.82, 2.24) is 9.97 Å². The molecule has 0 atom stereocenters. The molecule has 30 heavy (non-hydrogen) atoms. The molecule has 1 amide bonds. The molecule has 0 saturated carbocycles. The number of aromatic nitrogens is 2. The van der Waals surface area contributed by atoms with E-state index in [0.717, 1.165) is 6.20 Å². The summed E-state index contributed by atoms with van der Waals surface area (Å²) in [5.41, 5.74) is 1.81. The summed E-state index contributed by atoms with van der Waals surface area (Å²) in [5, 5.41) is 6.42. The van der Waals surface area contributed by atoms with Gasteiger partial charge in [-0.1, -0.05) is 24.2 Å². The van der Waals surface area contributed by atoms with Crippen molar-refractivity contribution in [2.24, 2.45) is 0 Å². The van der Waals surface area contributed by atoms with Crippen LogP contribution in [0, 0.1) is 5.82 Å². The summed E-state index contributed by atoms with van der Waals surface area (Å²) in [6.07, 6.45) is 2.32. The lowest BCUT2D eigenvalue weighted by molar-refractivity contribution is -0.114. The third kappa shape index (κ3) is 4.18. The van der Waals surface area contributed by atoms with Crippen LogP contribution in [0.5, 0.6) is 5.75 Å². The standard InChI is InChI=1S/C21H17ClFN5O2/c1-2-19(29)28-8-9-30-18-7-6-15(11-17(18)28)26-21-24-12-16(23)20(27-21)25-14-5-3-4-13(22)10-14/h2-7,10-12H,1,8-9H2,(H2,24,25,26,27). The Balaban J connectivity index is 1.59. The van der Waals surface area contributed by atoms with Gasteiger partial charge in [-0.2, -0.15) is 4.98 Å². The number of hydrogen-bond donors (Lipinski definition) is 2. The molecule has 0 saturated heterocycles. The Morgan fingerprint density at radius 2 is 2.07 bits per heavy atom. The van der Waals surface area contributed by atoms with Crippen molar-refractivity contribution < 1.29 is 13.9 Å². The molecule has 2 N–H and O–H groups in total. The van der Waals surface area contributed by atoms with Crippen LogP contribution < -0.4 is 20.3 Å². The van der Waals surface area contributed by atoms with E-state index in [9.17, 15) is 9.18 Å². The van der Waals surface area contributed by atoms with Crippen LogP contribution in [0.2, 0.25) is 5.02 Å². The van der Waals surface area contributed by atoms with E-state index in [1.165, 1.54) is 6.08 Å². The Morgan fingerprint density at radius 1 is 1.23 bits per heavy atom. The van der Waals surface area contributed by atoms with Crippen LogP contribution in [0.15, 0.2) is 61.3 Å². The second-order valence-corrected chi connectivity index (χ2v) is 6.81. The SMILES string of the molecule is C=CC(=O)N1CCOc2ccc(Nc3ncc(F)c(Nc4cccc(Cl)c4)n3)cc21. The van der Waals surface area contributed by atoms with Gasteiger partial charge in [0.15, 0.2) is 11.6 Å². The highest BCUT2D eigenvalue weighted by Crippen LogP contribution is 2.35. The highest BCUT2D eigenvalue weighted by Gasteiger charge is 2.22. The lowest BCUT2D eigenvalue weighted by Crippen LogP contribution is -2.36. The smallest absolute Gasteiger partial charge is 0.250 e. The molecule has 152 valence electrons. The maximum atomic E-state index is 14.2. The molecule has 1 aromatic heterocycles. The monoisotopic (exact) mass is 425 g/mol. The Hall–Kier alpha value is -3.65. The number of amides is 1. The zero-order valence-corrected chi connectivity index (χ0v) is 16.5. The summed E-state index contributed by atoms with van der Waals surface area (Å²) in [4.78, 5) is 21.9. The number of fused-ring (bicyclic) bond motifs is 1. The lowest BCUT2D eigenvalue weighted by atomic mass is 10.2. The first-order valence-corrected chi connectivity index (χ1v) is 9.44. The molecule has 0 bridgehead atoms. The van der Waals surface area contributed by atoms with Gasteiger partial charge in [0.2, 0.25) is 5.95 Å². The van der Waals surface area contributed by atoms with E-state index in [1.54, 1.807) is 47.4 Å². The van der Waals surface area contributed by atoms with Crippen LogP contribution in [0.25, 0.3) is 0 Å². The zero-order chi connectivity index (χ0) is 21.1. The van der Waals surface area contributed by atoms with Gasteiger partial charge in [-0.3, -0.25) is 4.79 Å². The largest absolute Gasteiger partial charge is 0.490 e. The van der Waals surface area contributed by atoms with Crippen molar-refractivity contribution in [1.29, 1.82) is 0 Å². The summed E-state index contributed by atoms with van der Waals surface area (Å²) in [7, 11) is 0. The zero-order valence-electron chi connectivity index (χ0n) is 15.7. The minimum absolute atomic E-state index is 0.000443. The van der Waals surface area contributed by atoms with Gasteiger partial charge in [-0.25, -0.2) is 9.37 Å². The quantitative estimate of drug-likeness (QED) is 0.578. The highest BCUT2D eigenvalue weighted by molar-refractivity contribution is 6.30. The highest BCUT2D eigenvalue weighted by atomic mass is 35.5. The number of rotatable bonds is 5. The number of carbonyl (C=O) groups is 1. The van der Waals surface area contributed by atoms with Crippen LogP contribution in [0.1, 0.15) is 0 Å². The topological polar surface area (TPSA) is 79.4 Å². The molecule has 1 aliphatic heterocycles. The lowest BCUT2D eigenvalue weighted by Gasteiger charge is -2.29. The number of benzene rings is 2. The molecule has 4 rings (SSSR count). The first-order chi connectivity index (χ1) is 14.5. The van der Waals surface area contributed by atoms with E-state index in [4.69, 9.17) is 16.3 Å². The van der Waals surface area contributed by atoms with Gasteiger partial charge in [0.25, 0.3) is 5.91 Å². The van der Waals surface area contributed by atoms with E-state index < -0.39 is 5.82 Å². The van der Waals surface area contributed by atoms with Crippen molar-refractivity contribution in [3.8, 4) is 5.75 Å². The number of ether oxygens (including phenoxy) is 1. The van der Waals surface area contributed by atoms with Crippen LogP contribution >= 0.6 is 11.6 Å². The normalized spacial score (nSPS) is 12.5. The molecular weight excluding hydrogens is 409 g/mol. The van der Waals surface area contributed by atoms with E-state index in [-0.39, 0.29) is 17.7 Å². The maximum Gasteiger partial charge on any atom is 0.250 e. The fourth-order valence-corrected chi connectivity index (χ4v) is 3.17. The molecule has 0 unspecified atom stereocenters. The van der Waals surface area contributed by atoms with Crippen LogP contribution in [-0.2, 0) is 4.79 Å². The van der Waals surface area contributed by atoms with E-state index in [2.05, 4.69) is 27.2 Å². The molecule has 0 spiro atoms. The average molecular weight is 426 g/mol. The number of nitrogens with zero attached hydrogens (tertiary/aromatic N) is 3. The molecule has 0 fully saturated rings. The number of hydrogen-bond acceptors (Lipinski definition) is 6. The Morgan fingerprint density at radius 3 is 2.87 bits per heavy atom. The van der Waals surface area contributed by atoms with Crippen LogP contribution in [-0.4, -0.2) is 29.0 Å². The molecule has 7 nitrogen and oxygen atoms in total. The first kappa shape index (κ1) is 19.7. The second-order valence-electron chi connectivity index (χ2n) is 6.38. The predicted octanol–water partition coefficient (Wildman–Crippen LogP) is 4.67. The van der Waals surface area contributed by atoms with Crippen molar-refractivity contribution in [2.45, 2.75) is 0 Å². The molecule has 3 aromatic rings. The van der Waals surface area contributed by atoms with Gasteiger partial charge in [-0.15, -0.1) is 0 Å². The minimum Gasteiger partial charge on any atom is -0.490 e. The Labute approximate surface area is 177 Å². The summed E-state index contributed by atoms with van der Waals surface area (Å²) in [6.45, 7) is 4.36. The Kier molecular flexibility index (Phi) is 5.49. The van der Waals surface area contributed by atoms with Crippen LogP contribution in [0.3, 0.4) is 0 Å². The van der Waals surface area contributed by atoms with Gasteiger partial charge in [0.1, 0.15) is 12.4 Å². The van der Waals surface area contributed by atoms with Crippen LogP contribution in [0.4, 0.5) is 33.2 Å². The number of halogens is 2. The molecule has 1 aliphatic rings. The van der Waals surface area contributed by atoms with Gasteiger partial charge < -0.3 is 20.3 Å². The molecular formula is C21H17ClFN5O2. The van der Waals surface area contributed by atoms with E-state index in [1.807, 2.05) is 0 Å². The van der Waals surface area contributed by atoms with Gasteiger partial charge in [-0.05, 0) is 42.5 Å². The first-order valence-electron chi connectivity index (χ1n) is 9.06. The minimum atomic E-state index is -0.609. The summed E-state index contributed by atoms with van der Waals surface area (Å²) < 4.78 is 19.8. The van der Waals surface area contributed by atoms with Gasteiger partial charge in [0, 0.05) is 16.4 Å². The van der Waals surface area contributed by atoms with E-state index >= 15 is 0 Å². The fourth-order valence-electron chi connectivity index (χ4n) is 2.98. The predicted molar refractivity (Wildman–Crippen MR) is 114 cm³/mol. The molecule has 2 heterocycles. The third-order valence-electron chi connectivity index (χ3n) is 4.35. The van der Waals surface area contributed by atoms with Crippen molar-refractivity contribution in [3.05, 3.63) is 72.2 Å². The average Bonchev–Trinajstić information content (AvgIpc) is 2.75. The molecule has 0 radical (unpaired) electrons. The molecule has 0 aliphatic carbocycles.